The summed E-state index contributed by atoms with van der Waals surface area (Å²) >= 11 is 0. The van der Waals surface area contributed by atoms with E-state index >= 15 is 0 Å². The van der Waals surface area contributed by atoms with Crippen LogP contribution in [0.25, 0.3) is 0 Å². The van der Waals surface area contributed by atoms with Crippen LogP contribution in [0.4, 0.5) is 0 Å². The molecule has 0 saturated heterocycles. The molecule has 0 saturated carbocycles. The molecule has 0 aromatic heterocycles. The summed E-state index contributed by atoms with van der Waals surface area (Å²) < 4.78 is 1.14. The topological polar surface area (TPSA) is 0 Å². The lowest BCUT2D eigenvalue weighted by Crippen LogP contribution is -2.58. The lowest BCUT2D eigenvalue weighted by molar-refractivity contribution is -0.954. The van der Waals surface area contributed by atoms with Gasteiger partial charge in [-0.15, -0.1) is 0 Å². The third-order valence-corrected chi connectivity index (χ3v) is 6.33. The molecule has 0 aromatic rings. The van der Waals surface area contributed by atoms with Gasteiger partial charge in [-0.05, 0) is 51.9 Å². The van der Waals surface area contributed by atoms with Gasteiger partial charge in [-0.3, -0.25) is 0 Å². The summed E-state index contributed by atoms with van der Waals surface area (Å²) in [6, 6.07) is 0. The SMILES string of the molecule is [B]C(CCC)(CCCC)CC[N+](C)(CCCCC(C)(C)C)C(C)(C)C. The molecule has 2 unspecified atom stereocenters. The third-order valence-electron chi connectivity index (χ3n) is 6.33. The predicted molar refractivity (Wildman–Crippen MR) is 116 cm³/mol. The Morgan fingerprint density at radius 1 is 0.680 bits per heavy atom. The maximum atomic E-state index is 6.85. The zero-order valence-corrected chi connectivity index (χ0v) is 19.3. The van der Waals surface area contributed by atoms with Crippen LogP contribution in [-0.4, -0.2) is 38.0 Å². The first kappa shape index (κ1) is 25.0. The van der Waals surface area contributed by atoms with Gasteiger partial charge in [-0.25, -0.2) is 0 Å². The van der Waals surface area contributed by atoms with Crippen LogP contribution in [0.2, 0.25) is 5.31 Å². The van der Waals surface area contributed by atoms with Crippen molar-refractivity contribution in [1.29, 1.82) is 0 Å². The molecule has 2 radical (unpaired) electrons. The summed E-state index contributed by atoms with van der Waals surface area (Å²) in [6.07, 6.45) is 11.2. The van der Waals surface area contributed by atoms with Crippen LogP contribution >= 0.6 is 0 Å². The summed E-state index contributed by atoms with van der Waals surface area (Å²) in [5.74, 6) is 0. The summed E-state index contributed by atoms with van der Waals surface area (Å²) in [5, 5.41) is 0.0426. The van der Waals surface area contributed by atoms with E-state index in [9.17, 15) is 0 Å². The smallest absolute Gasteiger partial charge is 0.0905 e. The van der Waals surface area contributed by atoms with Gasteiger partial charge in [0, 0.05) is 0 Å². The highest BCUT2D eigenvalue weighted by atomic mass is 15.4. The Hall–Kier alpha value is 0.0249. The number of hydrogen-bond acceptors (Lipinski definition) is 0. The van der Waals surface area contributed by atoms with E-state index in [0.29, 0.717) is 5.41 Å². The molecule has 0 spiro atoms. The van der Waals surface area contributed by atoms with Crippen molar-refractivity contribution in [1.82, 2.24) is 0 Å². The van der Waals surface area contributed by atoms with E-state index in [1.807, 2.05) is 0 Å². The minimum Gasteiger partial charge on any atom is -0.322 e. The van der Waals surface area contributed by atoms with Gasteiger partial charge in [0.15, 0.2) is 0 Å². The van der Waals surface area contributed by atoms with Crippen molar-refractivity contribution in [2.45, 2.75) is 124 Å². The van der Waals surface area contributed by atoms with E-state index in [4.69, 9.17) is 7.85 Å². The first-order chi connectivity index (χ1) is 11.3. The van der Waals surface area contributed by atoms with Gasteiger partial charge < -0.3 is 4.48 Å². The minimum absolute atomic E-state index is 0.0426. The fourth-order valence-corrected chi connectivity index (χ4v) is 3.77. The second-order valence-electron chi connectivity index (χ2n) is 11.0. The van der Waals surface area contributed by atoms with E-state index in [-0.39, 0.29) is 10.9 Å². The highest BCUT2D eigenvalue weighted by Gasteiger charge is 2.37. The molecule has 0 heterocycles. The molecule has 25 heavy (non-hydrogen) atoms. The molecule has 2 atom stereocenters. The van der Waals surface area contributed by atoms with Gasteiger partial charge in [-0.1, -0.05) is 72.0 Å². The Balaban J connectivity index is 4.84. The Bertz CT molecular complexity index is 352. The molecule has 0 aliphatic carbocycles. The molecular weight excluding hydrogens is 301 g/mol. The van der Waals surface area contributed by atoms with E-state index < -0.39 is 0 Å². The maximum Gasteiger partial charge on any atom is 0.0905 e. The lowest BCUT2D eigenvalue weighted by atomic mass is 9.61. The molecule has 0 aliphatic rings. The van der Waals surface area contributed by atoms with Crippen LogP contribution in [0.1, 0.15) is 113 Å². The van der Waals surface area contributed by atoms with E-state index in [1.165, 1.54) is 64.5 Å². The second kappa shape index (κ2) is 10.4. The first-order valence-electron chi connectivity index (χ1n) is 10.9. The summed E-state index contributed by atoms with van der Waals surface area (Å²) in [4.78, 5) is 0. The molecule has 2 heteroatoms. The minimum atomic E-state index is 0.0426. The van der Waals surface area contributed by atoms with Crippen molar-refractivity contribution in [2.75, 3.05) is 20.1 Å². The highest BCUT2D eigenvalue weighted by Crippen LogP contribution is 2.40. The van der Waals surface area contributed by atoms with Crippen molar-refractivity contribution in [3.63, 3.8) is 0 Å². The highest BCUT2D eigenvalue weighted by molar-refractivity contribution is 6.15. The number of nitrogens with zero attached hydrogens (tertiary/aromatic N) is 1. The Kier molecular flexibility index (Phi) is 10.4. The third kappa shape index (κ3) is 10.1. The van der Waals surface area contributed by atoms with Crippen LogP contribution in [0.5, 0.6) is 0 Å². The van der Waals surface area contributed by atoms with Crippen molar-refractivity contribution < 1.29 is 4.48 Å². The first-order valence-corrected chi connectivity index (χ1v) is 10.9. The van der Waals surface area contributed by atoms with Crippen LogP contribution in [0, 0.1) is 5.41 Å². The number of hydrogen-bond donors (Lipinski definition) is 0. The molecule has 148 valence electrons. The van der Waals surface area contributed by atoms with Crippen LogP contribution in [-0.2, 0) is 0 Å². The number of rotatable bonds is 12. The molecule has 0 aliphatic heterocycles. The summed E-state index contributed by atoms with van der Waals surface area (Å²) in [5.41, 5.74) is 0.735. The van der Waals surface area contributed by atoms with Crippen molar-refractivity contribution in [2.24, 2.45) is 5.41 Å². The predicted octanol–water partition coefficient (Wildman–Crippen LogP) is 7.16. The zero-order valence-electron chi connectivity index (χ0n) is 19.3. The van der Waals surface area contributed by atoms with E-state index in [0.717, 1.165) is 10.9 Å². The van der Waals surface area contributed by atoms with Gasteiger partial charge in [0.05, 0.1) is 33.5 Å². The molecule has 0 amide bonds. The van der Waals surface area contributed by atoms with E-state index in [1.54, 1.807) is 0 Å². The van der Waals surface area contributed by atoms with Crippen molar-refractivity contribution in [3.8, 4) is 0 Å². The molecular formula is C23H49BN+. The largest absolute Gasteiger partial charge is 0.322 e. The lowest BCUT2D eigenvalue weighted by Gasteiger charge is -2.48. The summed E-state index contributed by atoms with van der Waals surface area (Å²) in [7, 11) is 9.31. The second-order valence-corrected chi connectivity index (χ2v) is 11.0. The normalized spacial score (nSPS) is 18.0. The van der Waals surface area contributed by atoms with Gasteiger partial charge in [0.1, 0.15) is 0 Å². The number of quaternary nitrogens is 1. The van der Waals surface area contributed by atoms with Crippen molar-refractivity contribution >= 4 is 7.85 Å². The molecule has 0 rings (SSSR count). The zero-order chi connectivity index (χ0) is 19.8. The average molecular weight is 350 g/mol. The fourth-order valence-electron chi connectivity index (χ4n) is 3.77. The standard InChI is InChI=1S/C23H49BN/c1-10-12-17-23(24,15-11-2)18-20-25(9,22(6,7)8)19-14-13-16-21(3,4)5/h10-20H2,1-9H3/q+1. The molecule has 0 fully saturated rings. The maximum absolute atomic E-state index is 6.85. The molecule has 1 nitrogen and oxygen atoms in total. The molecule has 0 aromatic carbocycles. The van der Waals surface area contributed by atoms with Gasteiger partial charge >= 0.3 is 0 Å². The van der Waals surface area contributed by atoms with Crippen molar-refractivity contribution in [3.05, 3.63) is 0 Å². The summed E-state index contributed by atoms with van der Waals surface area (Å²) in [6.45, 7) is 21.3. The fraction of sp³-hybridized carbons (Fsp3) is 1.00. The monoisotopic (exact) mass is 350 g/mol. The Labute approximate surface area is 162 Å². The average Bonchev–Trinajstić information content (AvgIpc) is 2.46. The Morgan fingerprint density at radius 2 is 1.28 bits per heavy atom. The Morgan fingerprint density at radius 3 is 1.72 bits per heavy atom. The molecule has 0 N–H and O–H groups in total. The quantitative estimate of drug-likeness (QED) is 0.199. The molecule has 0 bridgehead atoms. The number of unbranched alkanes of at least 4 members (excludes halogenated alkanes) is 2. The van der Waals surface area contributed by atoms with Gasteiger partial charge in [0.2, 0.25) is 0 Å². The van der Waals surface area contributed by atoms with Gasteiger partial charge in [-0.2, -0.15) is 0 Å². The van der Waals surface area contributed by atoms with Gasteiger partial charge in [0.25, 0.3) is 0 Å². The van der Waals surface area contributed by atoms with Crippen LogP contribution in [0.15, 0.2) is 0 Å². The van der Waals surface area contributed by atoms with Crippen LogP contribution in [0.3, 0.4) is 0 Å². The van der Waals surface area contributed by atoms with Crippen LogP contribution < -0.4 is 0 Å². The van der Waals surface area contributed by atoms with E-state index in [2.05, 4.69) is 62.4 Å².